The molecular weight excluding hydrogens is 364 g/mol. The monoisotopic (exact) mass is 395 g/mol. The van der Waals surface area contributed by atoms with E-state index in [0.717, 1.165) is 37.3 Å². The second-order valence-corrected chi connectivity index (χ2v) is 6.90. The van der Waals surface area contributed by atoms with Gasteiger partial charge >= 0.3 is 0 Å². The summed E-state index contributed by atoms with van der Waals surface area (Å²) in [6.07, 6.45) is 0.107. The lowest BCUT2D eigenvalue weighted by Gasteiger charge is -2.32. The van der Waals surface area contributed by atoms with Crippen molar-refractivity contribution in [3.8, 4) is 0 Å². The van der Waals surface area contributed by atoms with Crippen LogP contribution in [0.3, 0.4) is 0 Å². The number of carbonyl (C=O) groups is 1. The zero-order chi connectivity index (χ0) is 20.4. The Bertz CT molecular complexity index is 645. The maximum atomic E-state index is 12.5. The van der Waals surface area contributed by atoms with Gasteiger partial charge in [-0.15, -0.1) is 0 Å². The van der Waals surface area contributed by atoms with Gasteiger partial charge in [0.15, 0.2) is 5.96 Å². The Morgan fingerprint density at radius 3 is 2.71 bits per heavy atom. The highest BCUT2D eigenvalue weighted by atomic mass is 19.3. The Morgan fingerprint density at radius 2 is 2.07 bits per heavy atom. The molecular formula is C20H31F2N5O. The average molecular weight is 395 g/mol. The van der Waals surface area contributed by atoms with Crippen molar-refractivity contribution in [2.75, 3.05) is 39.8 Å². The quantitative estimate of drug-likeness (QED) is 0.464. The van der Waals surface area contributed by atoms with Crippen LogP contribution >= 0.6 is 0 Å². The molecule has 1 fully saturated rings. The van der Waals surface area contributed by atoms with E-state index in [-0.39, 0.29) is 18.5 Å². The highest BCUT2D eigenvalue weighted by Gasteiger charge is 2.21. The van der Waals surface area contributed by atoms with Crippen LogP contribution in [0, 0.1) is 0 Å². The second kappa shape index (κ2) is 11.6. The van der Waals surface area contributed by atoms with Gasteiger partial charge in [-0.2, -0.15) is 0 Å². The first-order valence-electron chi connectivity index (χ1n) is 9.88. The molecule has 0 aromatic heterocycles. The average Bonchev–Trinajstić information content (AvgIpc) is 2.69. The predicted octanol–water partition coefficient (Wildman–Crippen LogP) is 1.87. The number of hydrogen-bond acceptors (Lipinski definition) is 3. The van der Waals surface area contributed by atoms with Crippen molar-refractivity contribution >= 4 is 11.9 Å². The number of nitrogens with zero attached hydrogens (tertiary/aromatic N) is 2. The van der Waals surface area contributed by atoms with Gasteiger partial charge in [-0.1, -0.05) is 12.1 Å². The first-order valence-corrected chi connectivity index (χ1v) is 9.88. The fourth-order valence-electron chi connectivity index (χ4n) is 3.28. The van der Waals surface area contributed by atoms with Crippen LogP contribution in [0.1, 0.15) is 35.7 Å². The van der Waals surface area contributed by atoms with Gasteiger partial charge in [0.25, 0.3) is 12.3 Å². The van der Waals surface area contributed by atoms with Gasteiger partial charge in [-0.25, -0.2) is 8.78 Å². The SMILES string of the molecule is CCNC(=NCCc1cccc(C(=O)NC)c1)NC1CCN(CC(F)F)CC1. The maximum Gasteiger partial charge on any atom is 0.251 e. The number of rotatable bonds is 8. The zero-order valence-electron chi connectivity index (χ0n) is 16.7. The van der Waals surface area contributed by atoms with Gasteiger partial charge < -0.3 is 16.0 Å². The minimum absolute atomic E-state index is 0.0986. The third-order valence-corrected chi connectivity index (χ3v) is 4.76. The molecule has 156 valence electrons. The smallest absolute Gasteiger partial charge is 0.251 e. The van der Waals surface area contributed by atoms with E-state index < -0.39 is 6.43 Å². The molecule has 1 heterocycles. The summed E-state index contributed by atoms with van der Waals surface area (Å²) in [6.45, 7) is 4.56. The van der Waals surface area contributed by atoms with Gasteiger partial charge in [0.2, 0.25) is 0 Å². The lowest BCUT2D eigenvalue weighted by Crippen LogP contribution is -2.49. The number of likely N-dealkylation sites (tertiary alicyclic amines) is 1. The Labute approximate surface area is 165 Å². The molecule has 3 N–H and O–H groups in total. The van der Waals surface area contributed by atoms with E-state index in [9.17, 15) is 13.6 Å². The van der Waals surface area contributed by atoms with E-state index in [1.807, 2.05) is 30.0 Å². The van der Waals surface area contributed by atoms with Crippen LogP contribution < -0.4 is 16.0 Å². The van der Waals surface area contributed by atoms with Crippen LogP contribution in [0.2, 0.25) is 0 Å². The fourth-order valence-corrected chi connectivity index (χ4v) is 3.28. The number of guanidine groups is 1. The van der Waals surface area contributed by atoms with Crippen LogP contribution in [0.5, 0.6) is 0 Å². The van der Waals surface area contributed by atoms with E-state index >= 15 is 0 Å². The van der Waals surface area contributed by atoms with E-state index in [2.05, 4.69) is 20.9 Å². The Morgan fingerprint density at radius 1 is 1.32 bits per heavy atom. The van der Waals surface area contributed by atoms with Crippen molar-refractivity contribution in [1.29, 1.82) is 0 Å². The van der Waals surface area contributed by atoms with Gasteiger partial charge in [0, 0.05) is 44.8 Å². The molecule has 0 radical (unpaired) electrons. The summed E-state index contributed by atoms with van der Waals surface area (Å²) in [5.74, 6) is 0.649. The van der Waals surface area contributed by atoms with Gasteiger partial charge in [0.05, 0.1) is 6.54 Å². The first-order chi connectivity index (χ1) is 13.5. The van der Waals surface area contributed by atoms with Crippen LogP contribution in [-0.4, -0.2) is 69.0 Å². The van der Waals surface area contributed by atoms with Crippen molar-refractivity contribution in [2.24, 2.45) is 4.99 Å². The van der Waals surface area contributed by atoms with Crippen molar-refractivity contribution in [3.63, 3.8) is 0 Å². The molecule has 28 heavy (non-hydrogen) atoms. The number of carbonyl (C=O) groups excluding carboxylic acids is 1. The summed E-state index contributed by atoms with van der Waals surface area (Å²) in [5, 5.41) is 9.28. The van der Waals surface area contributed by atoms with Crippen molar-refractivity contribution in [1.82, 2.24) is 20.9 Å². The number of aliphatic imine (C=N–C) groups is 1. The Hall–Kier alpha value is -2.22. The molecule has 0 saturated carbocycles. The zero-order valence-corrected chi connectivity index (χ0v) is 16.7. The van der Waals surface area contributed by atoms with Crippen LogP contribution in [0.4, 0.5) is 8.78 Å². The van der Waals surface area contributed by atoms with Gasteiger partial charge in [0.1, 0.15) is 0 Å². The minimum atomic E-state index is -2.27. The van der Waals surface area contributed by atoms with Crippen molar-refractivity contribution < 1.29 is 13.6 Å². The molecule has 1 aliphatic heterocycles. The number of benzene rings is 1. The van der Waals surface area contributed by atoms with E-state index in [1.54, 1.807) is 13.1 Å². The molecule has 6 nitrogen and oxygen atoms in total. The molecule has 0 spiro atoms. The van der Waals surface area contributed by atoms with Crippen LogP contribution in [0.25, 0.3) is 0 Å². The largest absolute Gasteiger partial charge is 0.357 e. The van der Waals surface area contributed by atoms with Crippen molar-refractivity contribution in [2.45, 2.75) is 38.7 Å². The Balaban J connectivity index is 1.85. The lowest BCUT2D eigenvalue weighted by atomic mass is 10.1. The molecule has 1 amide bonds. The molecule has 0 unspecified atom stereocenters. The number of piperidine rings is 1. The lowest BCUT2D eigenvalue weighted by molar-refractivity contribution is 0.0744. The molecule has 0 aliphatic carbocycles. The summed E-state index contributed by atoms with van der Waals surface area (Å²) in [4.78, 5) is 18.2. The number of halogens is 2. The molecule has 1 aromatic carbocycles. The summed E-state index contributed by atoms with van der Waals surface area (Å²) in [5.41, 5.74) is 1.70. The standard InChI is InChI=1S/C20H31F2N5O/c1-3-24-20(26-17-8-11-27(12-9-17)14-18(21)22)25-10-7-15-5-4-6-16(13-15)19(28)23-2/h4-6,13,17-18H,3,7-12,14H2,1-2H3,(H,23,28)(H2,24,25,26). The highest BCUT2D eigenvalue weighted by molar-refractivity contribution is 5.94. The van der Waals surface area contributed by atoms with Crippen LogP contribution in [0.15, 0.2) is 29.3 Å². The van der Waals surface area contributed by atoms with E-state index in [4.69, 9.17) is 0 Å². The molecule has 8 heteroatoms. The summed E-state index contributed by atoms with van der Waals surface area (Å²) in [6, 6.07) is 7.77. The summed E-state index contributed by atoms with van der Waals surface area (Å²) in [7, 11) is 1.62. The normalized spacial score (nSPS) is 16.2. The number of alkyl halides is 2. The highest BCUT2D eigenvalue weighted by Crippen LogP contribution is 2.12. The summed E-state index contributed by atoms with van der Waals surface area (Å²) >= 11 is 0. The van der Waals surface area contributed by atoms with E-state index in [0.29, 0.717) is 25.2 Å². The van der Waals surface area contributed by atoms with E-state index in [1.165, 1.54) is 0 Å². The fraction of sp³-hybridized carbons (Fsp3) is 0.600. The molecule has 0 bridgehead atoms. The summed E-state index contributed by atoms with van der Waals surface area (Å²) < 4.78 is 25.0. The molecule has 0 atom stereocenters. The third kappa shape index (κ3) is 7.42. The minimum Gasteiger partial charge on any atom is -0.357 e. The predicted molar refractivity (Wildman–Crippen MR) is 108 cm³/mol. The molecule has 1 aliphatic rings. The third-order valence-electron chi connectivity index (χ3n) is 4.76. The molecule has 1 aromatic rings. The van der Waals surface area contributed by atoms with Gasteiger partial charge in [-0.05, 0) is 43.9 Å². The molecule has 2 rings (SSSR count). The second-order valence-electron chi connectivity index (χ2n) is 6.90. The maximum absolute atomic E-state index is 12.5. The van der Waals surface area contributed by atoms with Crippen molar-refractivity contribution in [3.05, 3.63) is 35.4 Å². The van der Waals surface area contributed by atoms with Crippen LogP contribution in [-0.2, 0) is 6.42 Å². The molecule has 1 saturated heterocycles. The number of hydrogen-bond donors (Lipinski definition) is 3. The topological polar surface area (TPSA) is 68.8 Å². The first kappa shape index (κ1) is 22.1. The number of amides is 1. The number of nitrogens with one attached hydrogen (secondary N) is 3. The van der Waals surface area contributed by atoms with Gasteiger partial charge in [-0.3, -0.25) is 14.7 Å². The Kier molecular flexibility index (Phi) is 9.13.